The van der Waals surface area contributed by atoms with Crippen LogP contribution in [0.2, 0.25) is 0 Å². The Morgan fingerprint density at radius 2 is 1.04 bits per heavy atom. The van der Waals surface area contributed by atoms with Crippen molar-refractivity contribution >= 4 is 18.0 Å². The predicted molar refractivity (Wildman–Crippen MR) is 211 cm³/mol. The van der Waals surface area contributed by atoms with Crippen LogP contribution >= 0.6 is 0 Å². The molecule has 1 amide bonds. The number of alkyl carbamates (subject to hydrolysis) is 1. The molecule has 0 spiro atoms. The number of hydrogen-bond donors (Lipinski definition) is 1. The summed E-state index contributed by atoms with van der Waals surface area (Å²) in [5.41, 5.74) is 0. The molecule has 1 N–H and O–H groups in total. The zero-order valence-electron chi connectivity index (χ0n) is 33.6. The molecule has 308 valence electrons. The summed E-state index contributed by atoms with van der Waals surface area (Å²) in [6.45, 7) is 4.30. The molecule has 0 saturated carbocycles. The monoisotopic (exact) mass is 755 g/mol. The second-order valence-electron chi connectivity index (χ2n) is 14.8. The van der Waals surface area contributed by atoms with Crippen molar-refractivity contribution in [2.24, 2.45) is 0 Å². The molecule has 1 unspecified atom stereocenters. The molecule has 1 heterocycles. The summed E-state index contributed by atoms with van der Waals surface area (Å²) >= 11 is 0. The summed E-state index contributed by atoms with van der Waals surface area (Å²) in [5, 5.41) is 2.65. The summed E-state index contributed by atoms with van der Waals surface area (Å²) in [5.74, 6) is -0.759. The Bertz CT molecular complexity index is 957. The van der Waals surface area contributed by atoms with Gasteiger partial charge in [0.05, 0.1) is 12.6 Å². The number of likely N-dealkylation sites (tertiary alicyclic amines) is 1. The molecule has 8 nitrogen and oxygen atoms in total. The Labute approximate surface area is 321 Å². The van der Waals surface area contributed by atoms with E-state index >= 15 is 0 Å². The third kappa shape index (κ3) is 31.6. The van der Waals surface area contributed by atoms with E-state index in [-0.39, 0.29) is 50.6 Å². The lowest BCUT2D eigenvalue weighted by atomic mass is 10.0. The first-order chi connectivity index (χ1) is 25.8. The lowest BCUT2D eigenvalue weighted by Crippen LogP contribution is -2.60. The number of hydrogen-bond acceptors (Lipinski definition) is 7. The summed E-state index contributed by atoms with van der Waals surface area (Å²) in [6, 6.07) is -0.305. The lowest BCUT2D eigenvalue weighted by Gasteiger charge is -2.39. The molecule has 0 aromatic carbocycles. The molecule has 0 radical (unpaired) electrons. The van der Waals surface area contributed by atoms with Gasteiger partial charge in [0, 0.05) is 25.9 Å². The Balaban J connectivity index is 2.26. The fraction of sp³-hybridized carbons (Fsp3) is 0.837. The zero-order valence-corrected chi connectivity index (χ0v) is 33.6. The number of unbranched alkanes of at least 4 members (excludes halogenated alkanes) is 20. The van der Waals surface area contributed by atoms with Crippen LogP contribution in [-0.4, -0.2) is 74.4 Å². The SMILES string of the molecule is CCCCC/C=C\C/C=C\CCCCCCCC(=O)OCC(COC(=O)CCCCCCCCCCCCCCC)OC(=O)NC1CN(CC(F)F)C1. The minimum atomic E-state index is -2.43. The second-order valence-corrected chi connectivity index (χ2v) is 14.8. The molecule has 0 aromatic heterocycles. The van der Waals surface area contributed by atoms with Crippen molar-refractivity contribution in [3.05, 3.63) is 24.3 Å². The molecule has 0 aliphatic carbocycles. The molecule has 0 aromatic rings. The van der Waals surface area contributed by atoms with Crippen LogP contribution in [0.25, 0.3) is 0 Å². The topological polar surface area (TPSA) is 94.2 Å². The molecule has 1 atom stereocenters. The maximum atomic E-state index is 12.6. The van der Waals surface area contributed by atoms with E-state index in [1.54, 1.807) is 4.90 Å². The number of carbonyl (C=O) groups is 3. The molecule has 1 saturated heterocycles. The van der Waals surface area contributed by atoms with Crippen molar-refractivity contribution in [2.75, 3.05) is 32.8 Å². The molecular weight excluding hydrogens is 678 g/mol. The first-order valence-electron chi connectivity index (χ1n) is 21.4. The first-order valence-corrected chi connectivity index (χ1v) is 21.4. The number of amides is 1. The highest BCUT2D eigenvalue weighted by Crippen LogP contribution is 2.15. The number of nitrogens with one attached hydrogen (secondary N) is 1. The van der Waals surface area contributed by atoms with E-state index in [2.05, 4.69) is 43.5 Å². The van der Waals surface area contributed by atoms with Gasteiger partial charge in [-0.2, -0.15) is 0 Å². The van der Waals surface area contributed by atoms with Crippen molar-refractivity contribution < 1.29 is 37.4 Å². The number of esters is 2. The van der Waals surface area contributed by atoms with Gasteiger partial charge in [-0.1, -0.05) is 147 Å². The van der Waals surface area contributed by atoms with Crippen LogP contribution in [0.3, 0.4) is 0 Å². The van der Waals surface area contributed by atoms with Gasteiger partial charge in [0.2, 0.25) is 0 Å². The highest BCUT2D eigenvalue weighted by atomic mass is 19.3. The molecule has 0 bridgehead atoms. The minimum absolute atomic E-state index is 0.218. The molecule has 10 heteroatoms. The van der Waals surface area contributed by atoms with Crippen LogP contribution in [0, 0.1) is 0 Å². The number of nitrogens with zero attached hydrogens (tertiary/aromatic N) is 1. The average molecular weight is 755 g/mol. The average Bonchev–Trinajstić information content (AvgIpc) is 3.11. The standard InChI is InChI=1S/C43H76F2N2O6/c1-3-5-7-9-11-13-15-17-18-20-22-24-26-28-30-32-42(49)52-37-39(53-43(50)46-38-33-47(34-38)35-40(44)45)36-51-41(48)31-29-27-25-23-21-19-16-14-12-10-8-6-4-2/h11,13,17-18,38-40H,3-10,12,14-16,19-37H2,1-2H3,(H,46,50)/b13-11-,18-17-. The van der Waals surface area contributed by atoms with E-state index in [1.807, 2.05) is 0 Å². The summed E-state index contributed by atoms with van der Waals surface area (Å²) in [7, 11) is 0. The Morgan fingerprint density at radius 3 is 1.51 bits per heavy atom. The number of ether oxygens (including phenoxy) is 3. The van der Waals surface area contributed by atoms with E-state index < -0.39 is 18.6 Å². The summed E-state index contributed by atoms with van der Waals surface area (Å²) in [4.78, 5) is 38.9. The van der Waals surface area contributed by atoms with Gasteiger partial charge in [0.1, 0.15) is 13.2 Å². The number of carbonyl (C=O) groups excluding carboxylic acids is 3. The summed E-state index contributed by atoms with van der Waals surface area (Å²) in [6.07, 6.45) is 33.2. The van der Waals surface area contributed by atoms with Crippen molar-refractivity contribution in [1.29, 1.82) is 0 Å². The van der Waals surface area contributed by atoms with Gasteiger partial charge in [-0.3, -0.25) is 14.5 Å². The summed E-state index contributed by atoms with van der Waals surface area (Å²) < 4.78 is 41.4. The Hall–Kier alpha value is -2.49. The first kappa shape index (κ1) is 48.5. The van der Waals surface area contributed by atoms with E-state index in [9.17, 15) is 23.2 Å². The molecule has 1 aliphatic rings. The van der Waals surface area contributed by atoms with E-state index in [0.717, 1.165) is 57.8 Å². The van der Waals surface area contributed by atoms with Crippen LogP contribution in [0.4, 0.5) is 13.6 Å². The minimum Gasteiger partial charge on any atom is -0.462 e. The third-order valence-electron chi connectivity index (χ3n) is 9.63. The van der Waals surface area contributed by atoms with Crippen molar-refractivity contribution in [2.45, 2.75) is 199 Å². The lowest BCUT2D eigenvalue weighted by molar-refractivity contribution is -0.152. The van der Waals surface area contributed by atoms with Gasteiger partial charge in [0.25, 0.3) is 6.43 Å². The van der Waals surface area contributed by atoms with Crippen LogP contribution in [0.15, 0.2) is 24.3 Å². The molecule has 1 aliphatic heterocycles. The molecule has 53 heavy (non-hydrogen) atoms. The maximum Gasteiger partial charge on any atom is 0.407 e. The highest BCUT2D eigenvalue weighted by molar-refractivity contribution is 5.70. The molecular formula is C43H76F2N2O6. The van der Waals surface area contributed by atoms with Gasteiger partial charge in [-0.05, 0) is 44.9 Å². The van der Waals surface area contributed by atoms with Crippen LogP contribution in [0.1, 0.15) is 181 Å². The van der Waals surface area contributed by atoms with Crippen molar-refractivity contribution in [1.82, 2.24) is 10.2 Å². The molecule has 1 fully saturated rings. The van der Waals surface area contributed by atoms with E-state index in [1.165, 1.54) is 89.9 Å². The van der Waals surface area contributed by atoms with E-state index in [4.69, 9.17) is 14.2 Å². The van der Waals surface area contributed by atoms with Gasteiger partial charge in [0.15, 0.2) is 6.10 Å². The van der Waals surface area contributed by atoms with Crippen LogP contribution < -0.4 is 5.32 Å². The Kier molecular flexibility index (Phi) is 32.3. The van der Waals surface area contributed by atoms with Crippen LogP contribution in [0.5, 0.6) is 0 Å². The highest BCUT2D eigenvalue weighted by Gasteiger charge is 2.31. The van der Waals surface area contributed by atoms with Gasteiger partial charge < -0.3 is 19.5 Å². The fourth-order valence-corrected chi connectivity index (χ4v) is 6.36. The number of alkyl halides is 2. The van der Waals surface area contributed by atoms with Crippen molar-refractivity contribution in [3.8, 4) is 0 Å². The number of rotatable bonds is 36. The quantitative estimate of drug-likeness (QED) is 0.0294. The predicted octanol–water partition coefficient (Wildman–Crippen LogP) is 11.4. The van der Waals surface area contributed by atoms with E-state index in [0.29, 0.717) is 19.5 Å². The molecule has 1 rings (SSSR count). The maximum absolute atomic E-state index is 12.6. The normalized spacial score (nSPS) is 14.2. The third-order valence-corrected chi connectivity index (χ3v) is 9.63. The van der Waals surface area contributed by atoms with Crippen molar-refractivity contribution in [3.63, 3.8) is 0 Å². The van der Waals surface area contributed by atoms with Gasteiger partial charge in [-0.25, -0.2) is 13.6 Å². The zero-order chi connectivity index (χ0) is 38.6. The number of allylic oxidation sites excluding steroid dienone is 4. The van der Waals surface area contributed by atoms with Gasteiger partial charge in [-0.15, -0.1) is 0 Å². The largest absolute Gasteiger partial charge is 0.462 e. The fourth-order valence-electron chi connectivity index (χ4n) is 6.36. The second kappa shape index (κ2) is 35.2. The Morgan fingerprint density at radius 1 is 0.623 bits per heavy atom. The van der Waals surface area contributed by atoms with Crippen LogP contribution in [-0.2, 0) is 23.8 Å². The smallest absolute Gasteiger partial charge is 0.407 e. The number of halogens is 2. The van der Waals surface area contributed by atoms with Gasteiger partial charge >= 0.3 is 18.0 Å².